The predicted octanol–water partition coefficient (Wildman–Crippen LogP) is 4.63. The topological polar surface area (TPSA) is 115 Å². The molecule has 0 radical (unpaired) electrons. The van der Waals surface area contributed by atoms with Crippen LogP contribution in [0.5, 0.6) is 0 Å². The smallest absolute Gasteiger partial charge is 0.224 e. The maximum absolute atomic E-state index is 13.1. The summed E-state index contributed by atoms with van der Waals surface area (Å²) in [6.45, 7) is 6.56. The van der Waals surface area contributed by atoms with Gasteiger partial charge in [-0.3, -0.25) is 14.4 Å². The summed E-state index contributed by atoms with van der Waals surface area (Å²) in [7, 11) is 0. The Morgan fingerprint density at radius 3 is 2.64 bits per heavy atom. The Balaban J connectivity index is 1.75. The first kappa shape index (κ1) is 25.1. The number of hydrogen-bond donors (Lipinski definition) is 3. The number of halogens is 2. The van der Waals surface area contributed by atoms with Crippen molar-refractivity contribution in [3.63, 3.8) is 0 Å². The average molecular weight is 491 g/mol. The summed E-state index contributed by atoms with van der Waals surface area (Å²) in [6.07, 6.45) is 1.33. The van der Waals surface area contributed by atoms with Gasteiger partial charge in [0.25, 0.3) is 0 Å². The molecule has 1 aromatic carbocycles. The fourth-order valence-corrected chi connectivity index (χ4v) is 4.58. The van der Waals surface area contributed by atoms with Crippen molar-refractivity contribution < 1.29 is 14.4 Å². The van der Waals surface area contributed by atoms with Gasteiger partial charge in [-0.2, -0.15) is 5.26 Å². The lowest BCUT2D eigenvalue weighted by molar-refractivity contribution is -0.127. The van der Waals surface area contributed by atoms with E-state index < -0.39 is 12.0 Å². The van der Waals surface area contributed by atoms with Crippen LogP contribution in [0.2, 0.25) is 10.0 Å². The van der Waals surface area contributed by atoms with E-state index in [1.165, 1.54) is 0 Å². The maximum atomic E-state index is 13.1. The van der Waals surface area contributed by atoms with E-state index in [9.17, 15) is 19.6 Å². The van der Waals surface area contributed by atoms with Crippen LogP contribution in [0.1, 0.15) is 56.9 Å². The van der Waals surface area contributed by atoms with E-state index in [1.54, 1.807) is 18.2 Å². The van der Waals surface area contributed by atoms with E-state index in [-0.39, 0.29) is 41.8 Å². The molecule has 1 fully saturated rings. The van der Waals surface area contributed by atoms with Crippen molar-refractivity contribution in [1.29, 1.82) is 5.26 Å². The first-order valence-electron chi connectivity index (χ1n) is 11.0. The van der Waals surface area contributed by atoms with Crippen LogP contribution < -0.4 is 10.6 Å². The lowest BCUT2D eigenvalue weighted by atomic mass is 9.81. The highest BCUT2D eigenvalue weighted by Crippen LogP contribution is 2.32. The Kier molecular flexibility index (Phi) is 7.71. The first-order chi connectivity index (χ1) is 15.5. The van der Waals surface area contributed by atoms with E-state index in [0.29, 0.717) is 40.6 Å². The molecule has 1 saturated heterocycles. The lowest BCUT2D eigenvalue weighted by Gasteiger charge is -2.26. The number of rotatable bonds is 8. The van der Waals surface area contributed by atoms with E-state index in [1.807, 2.05) is 20.8 Å². The molecule has 176 valence electrons. The molecule has 3 rings (SSSR count). The molecule has 2 heterocycles. The molecule has 3 atom stereocenters. The molecule has 2 aromatic rings. The third kappa shape index (κ3) is 6.27. The molecule has 1 aromatic heterocycles. The van der Waals surface area contributed by atoms with Crippen molar-refractivity contribution in [2.24, 2.45) is 17.3 Å². The van der Waals surface area contributed by atoms with Crippen LogP contribution in [0.4, 0.5) is 0 Å². The standard InChI is InChI=1S/C24H28Cl2N4O3/c1-24(2,3)11-15(23(33)29-16(12-27)8-14-6-7-28-22(14)32)10-19(31)18-9-13-4-5-17(25)20(26)21(13)30-18/h4-5,9,14-16,30H,6-8,10-11H2,1-3H3,(H,28,32)(H,29,33)/t14-,15-,16-/m0/s1. The number of nitrogens with one attached hydrogen (secondary N) is 3. The molecule has 0 bridgehead atoms. The number of nitriles is 1. The molecule has 33 heavy (non-hydrogen) atoms. The van der Waals surface area contributed by atoms with Crippen LogP contribution >= 0.6 is 23.2 Å². The zero-order valence-electron chi connectivity index (χ0n) is 18.9. The van der Waals surface area contributed by atoms with Gasteiger partial charge in [0.2, 0.25) is 11.8 Å². The summed E-state index contributed by atoms with van der Waals surface area (Å²) in [5, 5.41) is 16.5. The number of hydrogen-bond acceptors (Lipinski definition) is 4. The van der Waals surface area contributed by atoms with Crippen molar-refractivity contribution in [2.45, 2.75) is 52.5 Å². The Hall–Kier alpha value is -2.56. The van der Waals surface area contributed by atoms with Crippen LogP contribution in [-0.2, 0) is 9.59 Å². The minimum absolute atomic E-state index is 0.0245. The average Bonchev–Trinajstić information content (AvgIpc) is 3.35. The molecular weight excluding hydrogens is 463 g/mol. The van der Waals surface area contributed by atoms with Crippen LogP contribution in [0, 0.1) is 28.6 Å². The molecule has 2 amide bonds. The van der Waals surface area contributed by atoms with Gasteiger partial charge in [0.1, 0.15) is 6.04 Å². The second-order valence-corrected chi connectivity index (χ2v) is 10.6. The molecule has 0 saturated carbocycles. The minimum atomic E-state index is -0.794. The van der Waals surface area contributed by atoms with Crippen molar-refractivity contribution in [3.05, 3.63) is 33.9 Å². The highest BCUT2D eigenvalue weighted by atomic mass is 35.5. The van der Waals surface area contributed by atoms with Gasteiger partial charge < -0.3 is 15.6 Å². The van der Waals surface area contributed by atoms with Gasteiger partial charge in [-0.05, 0) is 36.8 Å². The molecule has 7 nitrogen and oxygen atoms in total. The summed E-state index contributed by atoms with van der Waals surface area (Å²) in [5.41, 5.74) is 0.705. The van der Waals surface area contributed by atoms with Crippen molar-refractivity contribution >= 4 is 51.7 Å². The molecule has 0 unspecified atom stereocenters. The van der Waals surface area contributed by atoms with Crippen molar-refractivity contribution in [3.8, 4) is 6.07 Å². The van der Waals surface area contributed by atoms with Gasteiger partial charge in [-0.25, -0.2) is 0 Å². The van der Waals surface area contributed by atoms with Gasteiger partial charge >= 0.3 is 0 Å². The highest BCUT2D eigenvalue weighted by molar-refractivity contribution is 6.45. The predicted molar refractivity (Wildman–Crippen MR) is 128 cm³/mol. The minimum Gasteiger partial charge on any atom is -0.356 e. The quantitative estimate of drug-likeness (QED) is 0.467. The number of fused-ring (bicyclic) bond motifs is 1. The van der Waals surface area contributed by atoms with Gasteiger partial charge in [0, 0.05) is 30.2 Å². The number of benzene rings is 1. The van der Waals surface area contributed by atoms with Crippen LogP contribution in [0.15, 0.2) is 18.2 Å². The fourth-order valence-electron chi connectivity index (χ4n) is 4.21. The number of nitrogens with zero attached hydrogens (tertiary/aromatic N) is 1. The largest absolute Gasteiger partial charge is 0.356 e. The molecule has 3 N–H and O–H groups in total. The van der Waals surface area contributed by atoms with Gasteiger partial charge in [0.05, 0.1) is 27.3 Å². The van der Waals surface area contributed by atoms with Gasteiger partial charge in [-0.1, -0.05) is 50.0 Å². The van der Waals surface area contributed by atoms with Gasteiger partial charge in [0.15, 0.2) is 5.78 Å². The van der Waals surface area contributed by atoms with Crippen LogP contribution in [0.3, 0.4) is 0 Å². The van der Waals surface area contributed by atoms with E-state index >= 15 is 0 Å². The summed E-state index contributed by atoms with van der Waals surface area (Å²) in [4.78, 5) is 41.1. The zero-order chi connectivity index (χ0) is 24.3. The Labute approximate surface area is 203 Å². The summed E-state index contributed by atoms with van der Waals surface area (Å²) in [6, 6.07) is 6.42. The second kappa shape index (κ2) is 10.1. The maximum Gasteiger partial charge on any atom is 0.224 e. The van der Waals surface area contributed by atoms with E-state index in [2.05, 4.69) is 21.7 Å². The van der Waals surface area contributed by atoms with E-state index in [4.69, 9.17) is 23.2 Å². The number of ketones is 1. The number of carbonyl (C=O) groups excluding carboxylic acids is 3. The monoisotopic (exact) mass is 490 g/mol. The van der Waals surface area contributed by atoms with Crippen LogP contribution in [-0.4, -0.2) is 35.2 Å². The highest BCUT2D eigenvalue weighted by Gasteiger charge is 2.32. The van der Waals surface area contributed by atoms with Gasteiger partial charge in [-0.15, -0.1) is 0 Å². The third-order valence-electron chi connectivity index (χ3n) is 5.80. The zero-order valence-corrected chi connectivity index (χ0v) is 20.4. The van der Waals surface area contributed by atoms with Crippen LogP contribution in [0.25, 0.3) is 10.9 Å². The molecule has 9 heteroatoms. The Morgan fingerprint density at radius 1 is 1.30 bits per heavy atom. The number of carbonyl (C=O) groups is 3. The van der Waals surface area contributed by atoms with E-state index in [0.717, 1.165) is 5.39 Å². The van der Waals surface area contributed by atoms with Crippen molar-refractivity contribution in [2.75, 3.05) is 6.54 Å². The summed E-state index contributed by atoms with van der Waals surface area (Å²) in [5.74, 6) is -1.60. The fraction of sp³-hybridized carbons (Fsp3) is 0.500. The molecule has 1 aliphatic heterocycles. The first-order valence-corrected chi connectivity index (χ1v) is 11.7. The summed E-state index contributed by atoms with van der Waals surface area (Å²) < 4.78 is 0. The number of H-pyrrole nitrogens is 1. The SMILES string of the molecule is CC(C)(C)C[C@H](CC(=O)c1cc2ccc(Cl)c(Cl)c2[nH]1)C(=O)N[C@H](C#N)C[C@@H]1CCNC1=O. The molecule has 0 aliphatic carbocycles. The van der Waals surface area contributed by atoms with Crippen molar-refractivity contribution in [1.82, 2.24) is 15.6 Å². The summed E-state index contributed by atoms with van der Waals surface area (Å²) >= 11 is 12.3. The second-order valence-electron chi connectivity index (χ2n) is 9.80. The normalized spacial score (nSPS) is 17.9. The number of aromatic nitrogens is 1. The number of Topliss-reactive ketones (excluding diaryl/α,β-unsaturated/α-hetero) is 1. The number of amides is 2. The number of aromatic amines is 1. The Bertz CT molecular complexity index is 1110. The lowest BCUT2D eigenvalue weighted by Crippen LogP contribution is -2.41. The third-order valence-corrected chi connectivity index (χ3v) is 6.61. The molecular formula is C24H28Cl2N4O3. The Morgan fingerprint density at radius 2 is 2.03 bits per heavy atom. The molecule has 0 spiro atoms. The molecule has 1 aliphatic rings.